The Kier molecular flexibility index (Phi) is 11.3. The maximum atomic E-state index is 12.1. The molecule has 0 unspecified atom stereocenters. The molecule has 0 aliphatic heterocycles. The first-order valence-electron chi connectivity index (χ1n) is 9.62. The third-order valence-electron chi connectivity index (χ3n) is 4.08. The Morgan fingerprint density at radius 3 is 1.48 bits per heavy atom. The number of benzene rings is 2. The van der Waals surface area contributed by atoms with E-state index >= 15 is 0 Å². The van der Waals surface area contributed by atoms with Gasteiger partial charge in [0.05, 0.1) is 24.3 Å². The summed E-state index contributed by atoms with van der Waals surface area (Å²) >= 11 is 0. The van der Waals surface area contributed by atoms with Gasteiger partial charge in [-0.1, -0.05) is 56.7 Å². The van der Waals surface area contributed by atoms with Crippen LogP contribution in [0.2, 0.25) is 0 Å². The highest BCUT2D eigenvalue weighted by Gasteiger charge is 2.28. The minimum absolute atomic E-state index is 0.125. The zero-order valence-electron chi connectivity index (χ0n) is 17.0. The molecule has 0 amide bonds. The van der Waals surface area contributed by atoms with Crippen LogP contribution in [0.25, 0.3) is 0 Å². The summed E-state index contributed by atoms with van der Waals surface area (Å²) in [5, 5.41) is 15.2. The fourth-order valence-electron chi connectivity index (χ4n) is 2.58. The van der Waals surface area contributed by atoms with Crippen molar-refractivity contribution in [3.05, 3.63) is 71.8 Å². The Labute approximate surface area is 172 Å². The first kappa shape index (κ1) is 24.3. The van der Waals surface area contributed by atoms with Crippen molar-refractivity contribution in [3.8, 4) is 0 Å². The lowest BCUT2D eigenvalue weighted by Crippen LogP contribution is -2.31. The van der Waals surface area contributed by atoms with Crippen LogP contribution in [-0.2, 0) is 9.47 Å². The van der Waals surface area contributed by atoms with Gasteiger partial charge in [0.1, 0.15) is 13.2 Å². The third-order valence-corrected chi connectivity index (χ3v) is 4.08. The average Bonchev–Trinajstić information content (AvgIpc) is 2.77. The highest BCUT2D eigenvalue weighted by molar-refractivity contribution is 5.89. The number of aliphatic hydroxyl groups is 2. The number of rotatable bonds is 9. The minimum Gasteiger partial charge on any atom is -0.461 e. The van der Waals surface area contributed by atoms with Gasteiger partial charge in [-0.15, -0.1) is 0 Å². The zero-order valence-corrected chi connectivity index (χ0v) is 17.0. The molecule has 0 aliphatic rings. The van der Waals surface area contributed by atoms with Gasteiger partial charge in [0, 0.05) is 5.41 Å². The normalized spacial score (nSPS) is 10.5. The molecule has 0 radical (unpaired) electrons. The minimum atomic E-state index is -0.413. The van der Waals surface area contributed by atoms with Gasteiger partial charge in [0.15, 0.2) is 0 Å². The van der Waals surface area contributed by atoms with Gasteiger partial charge in [-0.3, -0.25) is 0 Å². The Hall–Kier alpha value is -2.70. The van der Waals surface area contributed by atoms with Gasteiger partial charge in [-0.05, 0) is 30.7 Å². The van der Waals surface area contributed by atoms with Crippen LogP contribution in [-0.4, -0.2) is 48.6 Å². The fraction of sp³-hybridized carbons (Fsp3) is 0.391. The van der Waals surface area contributed by atoms with Gasteiger partial charge >= 0.3 is 11.9 Å². The second-order valence-electron chi connectivity index (χ2n) is 6.89. The molecule has 6 heteroatoms. The lowest BCUT2D eigenvalue weighted by atomic mass is 9.87. The maximum absolute atomic E-state index is 12.1. The van der Waals surface area contributed by atoms with Gasteiger partial charge in [-0.2, -0.15) is 0 Å². The third kappa shape index (κ3) is 9.36. The molecule has 2 rings (SSSR count). The van der Waals surface area contributed by atoms with Crippen LogP contribution < -0.4 is 0 Å². The quantitative estimate of drug-likeness (QED) is 0.624. The van der Waals surface area contributed by atoms with E-state index in [1.165, 1.54) is 0 Å². The van der Waals surface area contributed by atoms with E-state index in [0.29, 0.717) is 11.1 Å². The van der Waals surface area contributed by atoms with E-state index in [9.17, 15) is 9.59 Å². The van der Waals surface area contributed by atoms with E-state index in [1.807, 2.05) is 19.1 Å². The van der Waals surface area contributed by atoms with Crippen molar-refractivity contribution in [3.63, 3.8) is 0 Å². The molecule has 6 nitrogen and oxygen atoms in total. The number of carbonyl (C=O) groups is 2. The summed E-state index contributed by atoms with van der Waals surface area (Å²) in [6.07, 6.45) is 1.69. The van der Waals surface area contributed by atoms with Gasteiger partial charge in [-0.25, -0.2) is 9.59 Å². The molecule has 29 heavy (non-hydrogen) atoms. The number of hydrogen-bond donors (Lipinski definition) is 2. The number of carbonyl (C=O) groups excluding carboxylic acids is 2. The van der Waals surface area contributed by atoms with Crippen LogP contribution in [0, 0.1) is 5.41 Å². The maximum Gasteiger partial charge on any atom is 0.338 e. The molecular formula is C23H30O6. The average molecular weight is 402 g/mol. The van der Waals surface area contributed by atoms with Crippen LogP contribution in [0.15, 0.2) is 60.7 Å². The van der Waals surface area contributed by atoms with Crippen molar-refractivity contribution >= 4 is 11.9 Å². The summed E-state index contributed by atoms with van der Waals surface area (Å²) in [6, 6.07) is 17.7. The van der Waals surface area contributed by atoms with Crippen molar-refractivity contribution in [2.24, 2.45) is 5.41 Å². The Morgan fingerprint density at radius 1 is 0.793 bits per heavy atom. The monoisotopic (exact) mass is 402 g/mol. The molecule has 0 saturated heterocycles. The van der Waals surface area contributed by atoms with Crippen LogP contribution in [0.4, 0.5) is 0 Å². The second kappa shape index (κ2) is 13.5. The SMILES string of the molecule is CCCC(C)(COC(=O)c1ccccc1)COC(=O)c1ccccc1.OCCO. The van der Waals surface area contributed by atoms with E-state index < -0.39 is 5.41 Å². The molecular weight excluding hydrogens is 372 g/mol. The molecule has 2 aromatic rings. The van der Waals surface area contributed by atoms with E-state index in [1.54, 1.807) is 48.5 Å². The van der Waals surface area contributed by atoms with E-state index in [0.717, 1.165) is 12.8 Å². The van der Waals surface area contributed by atoms with E-state index in [-0.39, 0.29) is 38.4 Å². The lowest BCUT2D eigenvalue weighted by molar-refractivity contribution is -0.00243. The molecule has 0 fully saturated rings. The molecule has 0 bridgehead atoms. The summed E-state index contributed by atoms with van der Waals surface area (Å²) in [6.45, 7) is 4.18. The summed E-state index contributed by atoms with van der Waals surface area (Å²) in [4.78, 5) is 24.3. The van der Waals surface area contributed by atoms with Crippen molar-refractivity contribution < 1.29 is 29.3 Å². The zero-order chi connectivity index (χ0) is 21.5. The molecule has 0 saturated carbocycles. The molecule has 0 aliphatic carbocycles. The number of ether oxygens (including phenoxy) is 2. The molecule has 0 spiro atoms. The van der Waals surface area contributed by atoms with Gasteiger partial charge in [0.2, 0.25) is 0 Å². The predicted octanol–water partition coefficient (Wildman–Crippen LogP) is 3.48. The van der Waals surface area contributed by atoms with Crippen LogP contribution in [0.5, 0.6) is 0 Å². The van der Waals surface area contributed by atoms with Crippen LogP contribution >= 0.6 is 0 Å². The van der Waals surface area contributed by atoms with Gasteiger partial charge in [0.25, 0.3) is 0 Å². The molecule has 158 valence electrons. The lowest BCUT2D eigenvalue weighted by Gasteiger charge is -2.28. The number of esters is 2. The Bertz CT molecular complexity index is 657. The highest BCUT2D eigenvalue weighted by Crippen LogP contribution is 2.25. The van der Waals surface area contributed by atoms with Crippen molar-refractivity contribution in [1.82, 2.24) is 0 Å². The fourth-order valence-corrected chi connectivity index (χ4v) is 2.58. The molecule has 2 N–H and O–H groups in total. The summed E-state index contributed by atoms with van der Waals surface area (Å²) in [5.74, 6) is -0.727. The second-order valence-corrected chi connectivity index (χ2v) is 6.89. The number of hydrogen-bond acceptors (Lipinski definition) is 6. The Balaban J connectivity index is 0.000000960. The highest BCUT2D eigenvalue weighted by atomic mass is 16.5. The van der Waals surface area contributed by atoms with Crippen LogP contribution in [0.1, 0.15) is 47.4 Å². The molecule has 2 aromatic carbocycles. The standard InChI is InChI=1S/C21H24O4.C2H6O2/c1-3-14-21(2,15-24-19(22)17-10-6-4-7-11-17)16-25-20(23)18-12-8-5-9-13-18;3-1-2-4/h4-13H,3,14-16H2,1-2H3;3-4H,1-2H2. The smallest absolute Gasteiger partial charge is 0.338 e. The first-order valence-corrected chi connectivity index (χ1v) is 9.62. The molecule has 0 atom stereocenters. The predicted molar refractivity (Wildman–Crippen MR) is 111 cm³/mol. The largest absolute Gasteiger partial charge is 0.461 e. The first-order chi connectivity index (χ1) is 14.0. The van der Waals surface area contributed by atoms with Crippen LogP contribution in [0.3, 0.4) is 0 Å². The van der Waals surface area contributed by atoms with Crippen molar-refractivity contribution in [1.29, 1.82) is 0 Å². The summed E-state index contributed by atoms with van der Waals surface area (Å²) in [7, 11) is 0. The topological polar surface area (TPSA) is 93.1 Å². The summed E-state index contributed by atoms with van der Waals surface area (Å²) in [5.41, 5.74) is 0.620. The summed E-state index contributed by atoms with van der Waals surface area (Å²) < 4.78 is 10.9. The number of aliphatic hydroxyl groups excluding tert-OH is 2. The Morgan fingerprint density at radius 2 is 1.17 bits per heavy atom. The van der Waals surface area contributed by atoms with Gasteiger partial charge < -0.3 is 19.7 Å². The van der Waals surface area contributed by atoms with E-state index in [4.69, 9.17) is 19.7 Å². The van der Waals surface area contributed by atoms with Crippen molar-refractivity contribution in [2.75, 3.05) is 26.4 Å². The van der Waals surface area contributed by atoms with Crippen molar-refractivity contribution in [2.45, 2.75) is 26.7 Å². The molecule has 0 heterocycles. The molecule has 0 aromatic heterocycles. The van der Waals surface area contributed by atoms with E-state index in [2.05, 4.69) is 6.92 Å².